The molecule has 2 heterocycles. The summed E-state index contributed by atoms with van der Waals surface area (Å²) >= 11 is 1.34. The van der Waals surface area contributed by atoms with E-state index in [2.05, 4.69) is 25.6 Å². The molecule has 0 aliphatic carbocycles. The summed E-state index contributed by atoms with van der Waals surface area (Å²) in [4.78, 5) is 11.5. The van der Waals surface area contributed by atoms with Crippen LogP contribution in [-0.4, -0.2) is 53.2 Å². The van der Waals surface area contributed by atoms with Crippen LogP contribution in [0.4, 0.5) is 0 Å². The lowest BCUT2D eigenvalue weighted by molar-refractivity contribution is -0.138. The van der Waals surface area contributed by atoms with Crippen LogP contribution in [0.1, 0.15) is 17.8 Å². The Hall–Kier alpha value is -1.94. The maximum Gasteiger partial charge on any atom is 0.327 e. The van der Waals surface area contributed by atoms with Gasteiger partial charge in [-0.3, -0.25) is 4.79 Å². The second-order valence-electron chi connectivity index (χ2n) is 3.72. The van der Waals surface area contributed by atoms with E-state index in [4.69, 9.17) is 10.2 Å². The molecule has 0 radical (unpaired) electrons. The zero-order chi connectivity index (χ0) is 13.7. The van der Waals surface area contributed by atoms with Gasteiger partial charge in [0.05, 0.1) is 0 Å². The van der Waals surface area contributed by atoms with Crippen LogP contribution in [0.5, 0.6) is 0 Å². The first kappa shape index (κ1) is 13.5. The van der Waals surface area contributed by atoms with E-state index in [1.54, 1.807) is 0 Å². The van der Waals surface area contributed by atoms with Crippen molar-refractivity contribution in [3.8, 4) is 10.8 Å². The number of carboxylic acids is 1. The van der Waals surface area contributed by atoms with Crippen molar-refractivity contribution in [3.63, 3.8) is 0 Å². The molecular formula is C9H12N6O3S. The fourth-order valence-corrected chi connectivity index (χ4v) is 2.16. The highest BCUT2D eigenvalue weighted by Gasteiger charge is 2.13. The second kappa shape index (κ2) is 6.29. The van der Waals surface area contributed by atoms with E-state index in [-0.39, 0.29) is 19.0 Å². The summed E-state index contributed by atoms with van der Waals surface area (Å²) in [6.07, 6.45) is 2.30. The summed E-state index contributed by atoms with van der Waals surface area (Å²) in [5.41, 5.74) is 0. The Kier molecular flexibility index (Phi) is 4.47. The van der Waals surface area contributed by atoms with Crippen molar-refractivity contribution in [1.82, 2.24) is 30.4 Å². The van der Waals surface area contributed by atoms with Gasteiger partial charge in [-0.15, -0.1) is 20.4 Å². The fraction of sp³-hybridized carbons (Fsp3) is 0.556. The summed E-state index contributed by atoms with van der Waals surface area (Å²) in [7, 11) is 0. The summed E-state index contributed by atoms with van der Waals surface area (Å²) in [5.74, 6) is -0.766. The number of rotatable bonds is 7. The first-order valence-electron chi connectivity index (χ1n) is 5.62. The third kappa shape index (κ3) is 3.76. The van der Waals surface area contributed by atoms with E-state index in [1.807, 2.05) is 0 Å². The summed E-state index contributed by atoms with van der Waals surface area (Å²) in [6, 6.07) is 0. The van der Waals surface area contributed by atoms with Crippen molar-refractivity contribution in [3.05, 3.63) is 5.01 Å². The smallest absolute Gasteiger partial charge is 0.327 e. The van der Waals surface area contributed by atoms with Gasteiger partial charge in [0.1, 0.15) is 5.01 Å². The van der Waals surface area contributed by atoms with Gasteiger partial charge in [0, 0.05) is 13.0 Å². The van der Waals surface area contributed by atoms with Gasteiger partial charge in [-0.1, -0.05) is 11.3 Å². The van der Waals surface area contributed by atoms with Crippen LogP contribution in [0.25, 0.3) is 10.8 Å². The Morgan fingerprint density at radius 2 is 2.11 bits per heavy atom. The molecule has 0 fully saturated rings. The number of hydrogen-bond acceptors (Lipinski definition) is 8. The molecule has 0 amide bonds. The quantitative estimate of drug-likeness (QED) is 0.657. The molecule has 9 nitrogen and oxygen atoms in total. The minimum absolute atomic E-state index is 0.163. The van der Waals surface area contributed by atoms with Gasteiger partial charge in [-0.05, 0) is 18.1 Å². The van der Waals surface area contributed by atoms with Crippen LogP contribution in [0, 0.1) is 0 Å². The van der Waals surface area contributed by atoms with Crippen molar-refractivity contribution >= 4 is 17.3 Å². The fourth-order valence-electron chi connectivity index (χ4n) is 1.35. The molecule has 0 spiro atoms. The van der Waals surface area contributed by atoms with Gasteiger partial charge >= 0.3 is 5.97 Å². The van der Waals surface area contributed by atoms with Crippen molar-refractivity contribution in [2.45, 2.75) is 25.8 Å². The topological polar surface area (TPSA) is 127 Å². The van der Waals surface area contributed by atoms with Crippen LogP contribution >= 0.6 is 11.3 Å². The highest BCUT2D eigenvalue weighted by atomic mass is 32.1. The molecule has 0 aliphatic heterocycles. The number of nitrogens with zero attached hydrogens (tertiary/aromatic N) is 6. The zero-order valence-corrected chi connectivity index (χ0v) is 10.7. The van der Waals surface area contributed by atoms with Crippen molar-refractivity contribution in [1.29, 1.82) is 0 Å². The Morgan fingerprint density at radius 1 is 1.26 bits per heavy atom. The van der Waals surface area contributed by atoms with Crippen LogP contribution in [-0.2, 0) is 17.8 Å². The number of tetrazole rings is 1. The zero-order valence-electron chi connectivity index (χ0n) is 9.93. The Morgan fingerprint density at radius 3 is 2.84 bits per heavy atom. The Balaban J connectivity index is 2.01. The molecule has 19 heavy (non-hydrogen) atoms. The number of aromatic nitrogens is 6. The standard InChI is InChI=1S/C9H12N6O3S/c16-4-2-1-3-6-10-12-9(19-6)8-11-14-15(13-8)5-7(17)18/h16H,1-5H2,(H,17,18). The van der Waals surface area contributed by atoms with Crippen molar-refractivity contribution in [2.75, 3.05) is 6.61 Å². The molecule has 2 aromatic heterocycles. The first-order chi connectivity index (χ1) is 9.19. The number of aliphatic hydroxyl groups is 1. The van der Waals surface area contributed by atoms with Gasteiger partial charge in [-0.25, -0.2) is 0 Å². The molecule has 10 heteroatoms. The molecular weight excluding hydrogens is 272 g/mol. The number of carboxylic acid groups (broad SMARTS) is 1. The van der Waals surface area contributed by atoms with E-state index < -0.39 is 5.97 Å². The molecule has 0 bridgehead atoms. The lowest BCUT2D eigenvalue weighted by atomic mass is 10.2. The lowest BCUT2D eigenvalue weighted by Crippen LogP contribution is -2.11. The number of unbranched alkanes of at least 4 members (excludes halogenated alkanes) is 1. The van der Waals surface area contributed by atoms with Crippen LogP contribution in [0.3, 0.4) is 0 Å². The Bertz CT molecular complexity index is 554. The maximum atomic E-state index is 10.5. The molecule has 102 valence electrons. The predicted octanol–water partition coefficient (Wildman–Crippen LogP) is -0.409. The second-order valence-corrected chi connectivity index (χ2v) is 4.78. The largest absolute Gasteiger partial charge is 0.480 e. The van der Waals surface area contributed by atoms with Gasteiger partial charge in [0.25, 0.3) is 0 Å². The van der Waals surface area contributed by atoms with E-state index in [0.29, 0.717) is 5.01 Å². The Labute approximate surface area is 111 Å². The molecule has 2 N–H and O–H groups in total. The third-order valence-electron chi connectivity index (χ3n) is 2.19. The number of aliphatic hydroxyl groups excluding tert-OH is 1. The molecule has 0 saturated heterocycles. The van der Waals surface area contributed by atoms with Crippen molar-refractivity contribution < 1.29 is 15.0 Å². The molecule has 0 unspecified atom stereocenters. The monoisotopic (exact) mass is 284 g/mol. The van der Waals surface area contributed by atoms with Crippen LogP contribution in [0.15, 0.2) is 0 Å². The van der Waals surface area contributed by atoms with Gasteiger partial charge in [0.2, 0.25) is 5.82 Å². The van der Waals surface area contributed by atoms with Gasteiger partial charge in [-0.2, -0.15) is 4.80 Å². The lowest BCUT2D eigenvalue weighted by Gasteiger charge is -1.91. The molecule has 0 aliphatic rings. The van der Waals surface area contributed by atoms with E-state index >= 15 is 0 Å². The highest BCUT2D eigenvalue weighted by molar-refractivity contribution is 7.14. The van der Waals surface area contributed by atoms with E-state index in [0.717, 1.165) is 29.1 Å². The third-order valence-corrected chi connectivity index (χ3v) is 3.17. The molecule has 0 atom stereocenters. The van der Waals surface area contributed by atoms with E-state index in [1.165, 1.54) is 11.3 Å². The summed E-state index contributed by atoms with van der Waals surface area (Å²) in [5, 5.41) is 37.8. The van der Waals surface area contributed by atoms with Gasteiger partial charge < -0.3 is 10.2 Å². The number of hydrogen-bond donors (Lipinski definition) is 2. The minimum atomic E-state index is -1.04. The average molecular weight is 284 g/mol. The highest BCUT2D eigenvalue weighted by Crippen LogP contribution is 2.20. The van der Waals surface area contributed by atoms with Crippen molar-refractivity contribution in [2.24, 2.45) is 0 Å². The average Bonchev–Trinajstić information content (AvgIpc) is 2.97. The normalized spacial score (nSPS) is 10.8. The SMILES string of the molecule is O=C(O)Cn1nnc(-c2nnc(CCCCO)s2)n1. The molecule has 2 rings (SSSR count). The molecule has 2 aromatic rings. The number of aryl methyl sites for hydroxylation is 1. The van der Waals surface area contributed by atoms with Crippen LogP contribution in [0.2, 0.25) is 0 Å². The molecule has 0 saturated carbocycles. The van der Waals surface area contributed by atoms with E-state index in [9.17, 15) is 4.79 Å². The molecule has 0 aromatic carbocycles. The number of carbonyl (C=O) groups is 1. The first-order valence-corrected chi connectivity index (χ1v) is 6.44. The minimum Gasteiger partial charge on any atom is -0.480 e. The maximum absolute atomic E-state index is 10.5. The summed E-state index contributed by atoms with van der Waals surface area (Å²) in [6.45, 7) is -0.175. The predicted molar refractivity (Wildman–Crippen MR) is 64.4 cm³/mol. The van der Waals surface area contributed by atoms with Crippen LogP contribution < -0.4 is 0 Å². The summed E-state index contributed by atoms with van der Waals surface area (Å²) < 4.78 is 0. The number of aliphatic carboxylic acids is 1. The van der Waals surface area contributed by atoms with Gasteiger partial charge in [0.15, 0.2) is 11.6 Å².